The van der Waals surface area contributed by atoms with Gasteiger partial charge in [-0.2, -0.15) is 5.01 Å². The number of benzene rings is 1. The van der Waals surface area contributed by atoms with Gasteiger partial charge in [-0.15, -0.1) is 16.6 Å². The van der Waals surface area contributed by atoms with Gasteiger partial charge in [-0.1, -0.05) is 12.1 Å². The lowest BCUT2D eigenvalue weighted by molar-refractivity contribution is -0.0312. The van der Waals surface area contributed by atoms with E-state index in [9.17, 15) is 14.4 Å². The molecule has 0 atom stereocenters. The fourth-order valence-electron chi connectivity index (χ4n) is 3.15. The number of carbonyl (C=O) groups excluding carboxylic acids is 3. The maximum atomic E-state index is 12.9. The zero-order valence-electron chi connectivity index (χ0n) is 20.6. The van der Waals surface area contributed by atoms with Crippen LogP contribution in [0.25, 0.3) is 0 Å². The normalized spacial score (nSPS) is 15.6. The fraction of sp³-hybridized carbons (Fsp3) is 0.565. The number of amides is 3. The van der Waals surface area contributed by atoms with Crippen molar-refractivity contribution in [3.8, 4) is 0 Å². The maximum Gasteiger partial charge on any atom is 0.437 e. The van der Waals surface area contributed by atoms with Crippen LogP contribution in [0.4, 0.5) is 9.59 Å². The molecule has 1 fully saturated rings. The Kier molecular flexibility index (Phi) is 8.90. The number of guanidine groups is 1. The molecule has 1 aromatic rings. The number of aliphatic imine (C=N–C) groups is 1. The van der Waals surface area contributed by atoms with E-state index in [0.717, 1.165) is 10.6 Å². The van der Waals surface area contributed by atoms with Crippen molar-refractivity contribution >= 4 is 35.7 Å². The van der Waals surface area contributed by atoms with Gasteiger partial charge >= 0.3 is 12.2 Å². The standard InChI is InChI=1S/C23H34ClN5O5/c1-22(2,3)33-20(31)26-19(25)29(21(32)34-23(4,5)6)28-12-10-27(11-13-28)18(30)17-9-7-8-16(14-17)15-24/h7-9,14H,10-13,15H2,1-6H3,(H2,25,26,31). The number of hydrogen-bond acceptors (Lipinski definition) is 6. The smallest absolute Gasteiger partial charge is 0.437 e. The highest BCUT2D eigenvalue weighted by Crippen LogP contribution is 2.17. The van der Waals surface area contributed by atoms with E-state index < -0.39 is 23.4 Å². The molecule has 2 N–H and O–H groups in total. The molecule has 0 spiro atoms. The molecule has 0 radical (unpaired) electrons. The van der Waals surface area contributed by atoms with Gasteiger partial charge in [-0.25, -0.2) is 14.6 Å². The molecule has 0 unspecified atom stereocenters. The molecule has 1 aromatic carbocycles. The van der Waals surface area contributed by atoms with Crippen molar-refractivity contribution in [1.29, 1.82) is 0 Å². The van der Waals surface area contributed by atoms with E-state index >= 15 is 0 Å². The summed E-state index contributed by atoms with van der Waals surface area (Å²) in [6, 6.07) is 7.15. The molecule has 1 aliphatic rings. The number of hydrazine groups is 1. The molecule has 0 aromatic heterocycles. The number of hydrogen-bond donors (Lipinski definition) is 1. The SMILES string of the molecule is CC(C)(C)OC(=O)N=C(N)N(C(=O)OC(C)(C)C)N1CCN(C(=O)c2cccc(CCl)c2)CC1. The molecule has 11 heteroatoms. The second kappa shape index (κ2) is 11.1. The topological polar surface area (TPSA) is 118 Å². The van der Waals surface area contributed by atoms with E-state index in [2.05, 4.69) is 4.99 Å². The third kappa shape index (κ3) is 8.18. The lowest BCUT2D eigenvalue weighted by Gasteiger charge is -2.40. The number of piperazine rings is 1. The molecule has 2 rings (SSSR count). The highest BCUT2D eigenvalue weighted by Gasteiger charge is 2.34. The highest BCUT2D eigenvalue weighted by molar-refractivity contribution is 6.17. The van der Waals surface area contributed by atoms with Crippen LogP contribution in [0, 0.1) is 0 Å². The zero-order chi connectivity index (χ0) is 25.7. The van der Waals surface area contributed by atoms with Crippen LogP contribution in [0.2, 0.25) is 0 Å². The summed E-state index contributed by atoms with van der Waals surface area (Å²) < 4.78 is 10.6. The van der Waals surface area contributed by atoms with Crippen LogP contribution in [0.5, 0.6) is 0 Å². The molecule has 188 valence electrons. The average molecular weight is 496 g/mol. The van der Waals surface area contributed by atoms with Crippen molar-refractivity contribution in [3.63, 3.8) is 0 Å². The Morgan fingerprint density at radius 3 is 2.15 bits per heavy atom. The summed E-state index contributed by atoms with van der Waals surface area (Å²) in [7, 11) is 0. The molecule has 34 heavy (non-hydrogen) atoms. The van der Waals surface area contributed by atoms with Gasteiger partial charge in [0, 0.05) is 37.6 Å². The lowest BCUT2D eigenvalue weighted by Crippen LogP contribution is -2.60. The minimum absolute atomic E-state index is 0.133. The van der Waals surface area contributed by atoms with Crippen molar-refractivity contribution in [1.82, 2.24) is 14.9 Å². The Bertz CT molecular complexity index is 930. The predicted octanol–water partition coefficient (Wildman–Crippen LogP) is 3.59. The Balaban J connectivity index is 2.18. The van der Waals surface area contributed by atoms with Crippen LogP contribution in [0.1, 0.15) is 57.5 Å². The molecule has 1 heterocycles. The Morgan fingerprint density at radius 2 is 1.62 bits per heavy atom. The monoisotopic (exact) mass is 495 g/mol. The van der Waals surface area contributed by atoms with Crippen molar-refractivity contribution in [2.75, 3.05) is 26.2 Å². The van der Waals surface area contributed by atoms with Gasteiger partial charge in [0.15, 0.2) is 0 Å². The molecule has 0 bridgehead atoms. The van der Waals surface area contributed by atoms with Crippen LogP contribution >= 0.6 is 11.6 Å². The number of nitrogens with two attached hydrogens (primary N) is 1. The number of rotatable bonds is 3. The highest BCUT2D eigenvalue weighted by atomic mass is 35.5. The Morgan fingerprint density at radius 1 is 1.03 bits per heavy atom. The first-order valence-corrected chi connectivity index (χ1v) is 11.5. The summed E-state index contributed by atoms with van der Waals surface area (Å²) in [5, 5.41) is 2.61. The summed E-state index contributed by atoms with van der Waals surface area (Å²) in [5.74, 6) is -0.195. The first kappa shape index (κ1) is 27.4. The summed E-state index contributed by atoms with van der Waals surface area (Å²) in [4.78, 5) is 43.4. The van der Waals surface area contributed by atoms with E-state index in [-0.39, 0.29) is 25.0 Å². The van der Waals surface area contributed by atoms with Crippen molar-refractivity contribution in [2.45, 2.75) is 58.6 Å². The zero-order valence-corrected chi connectivity index (χ0v) is 21.4. The Hall–Kier alpha value is -2.85. The second-order valence-corrected chi connectivity index (χ2v) is 10.1. The fourth-order valence-corrected chi connectivity index (χ4v) is 3.32. The third-order valence-electron chi connectivity index (χ3n) is 4.54. The molecular formula is C23H34ClN5O5. The summed E-state index contributed by atoms with van der Waals surface area (Å²) in [6.45, 7) is 11.4. The molecule has 1 aliphatic heterocycles. The van der Waals surface area contributed by atoms with Crippen LogP contribution in [-0.2, 0) is 15.4 Å². The predicted molar refractivity (Wildman–Crippen MR) is 129 cm³/mol. The largest absolute Gasteiger partial charge is 0.442 e. The van der Waals surface area contributed by atoms with Crippen molar-refractivity contribution in [3.05, 3.63) is 35.4 Å². The lowest BCUT2D eigenvalue weighted by atomic mass is 10.1. The molecule has 10 nitrogen and oxygen atoms in total. The number of ether oxygens (including phenoxy) is 2. The van der Waals surface area contributed by atoms with Gasteiger partial charge in [-0.05, 0) is 59.2 Å². The Labute approximate surface area is 205 Å². The van der Waals surface area contributed by atoms with Gasteiger partial charge in [-0.3, -0.25) is 4.79 Å². The third-order valence-corrected chi connectivity index (χ3v) is 4.85. The molecule has 0 saturated carbocycles. The van der Waals surface area contributed by atoms with E-state index in [4.69, 9.17) is 26.8 Å². The first-order valence-electron chi connectivity index (χ1n) is 11.0. The molecule has 1 saturated heterocycles. The number of halogens is 1. The molecular weight excluding hydrogens is 462 g/mol. The maximum absolute atomic E-state index is 12.9. The number of alkyl halides is 1. The summed E-state index contributed by atoms with van der Waals surface area (Å²) in [6.07, 6.45) is -1.71. The molecule has 3 amide bonds. The summed E-state index contributed by atoms with van der Waals surface area (Å²) in [5.41, 5.74) is 5.87. The van der Waals surface area contributed by atoms with Crippen LogP contribution in [-0.4, -0.2) is 76.4 Å². The van der Waals surface area contributed by atoms with E-state index in [0.29, 0.717) is 24.5 Å². The van der Waals surface area contributed by atoms with Crippen molar-refractivity contribution in [2.24, 2.45) is 10.7 Å². The minimum Gasteiger partial charge on any atom is -0.442 e. The van der Waals surface area contributed by atoms with E-state index in [1.165, 1.54) is 0 Å². The first-order chi connectivity index (χ1) is 15.7. The van der Waals surface area contributed by atoms with Gasteiger partial charge in [0.25, 0.3) is 5.91 Å². The van der Waals surface area contributed by atoms with Crippen molar-refractivity contribution < 1.29 is 23.9 Å². The average Bonchev–Trinajstić information content (AvgIpc) is 2.71. The van der Waals surface area contributed by atoms with Gasteiger partial charge in [0.05, 0.1) is 0 Å². The second-order valence-electron chi connectivity index (χ2n) is 9.82. The number of carbonyl (C=O) groups is 3. The van der Waals surface area contributed by atoms with Crippen LogP contribution in [0.3, 0.4) is 0 Å². The van der Waals surface area contributed by atoms with Crippen LogP contribution in [0.15, 0.2) is 29.3 Å². The minimum atomic E-state index is -0.924. The van der Waals surface area contributed by atoms with Gasteiger partial charge in [0.1, 0.15) is 11.2 Å². The summed E-state index contributed by atoms with van der Waals surface area (Å²) >= 11 is 5.88. The number of nitrogens with zero attached hydrogens (tertiary/aromatic N) is 4. The van der Waals surface area contributed by atoms with Crippen LogP contribution < -0.4 is 5.73 Å². The van der Waals surface area contributed by atoms with Gasteiger partial charge in [0.2, 0.25) is 5.96 Å². The van der Waals surface area contributed by atoms with E-state index in [1.807, 2.05) is 6.07 Å². The van der Waals surface area contributed by atoms with E-state index in [1.54, 1.807) is 69.7 Å². The molecule has 0 aliphatic carbocycles. The van der Waals surface area contributed by atoms with Gasteiger partial charge < -0.3 is 20.1 Å². The quantitative estimate of drug-likeness (QED) is 0.386.